The van der Waals surface area contributed by atoms with Gasteiger partial charge in [-0.25, -0.2) is 37.3 Å². The SMILES string of the molecule is C1=CC2CCC3CCC(CCC4C=CC(CCC5CCC(CCC1[OH+]2)O5)[OH+]4)O3.[O-][Cl+3]([O-])([O-])[O-].[O-][Cl+3]([O-])([O-])[O-]. The van der Waals surface area contributed by atoms with Gasteiger partial charge in [-0.2, -0.15) is 0 Å². The van der Waals surface area contributed by atoms with Crippen molar-refractivity contribution in [3.63, 3.8) is 0 Å². The van der Waals surface area contributed by atoms with E-state index in [2.05, 4.69) is 24.3 Å². The highest BCUT2D eigenvalue weighted by atomic mass is 35.7. The first kappa shape index (κ1) is 32.1. The Morgan fingerprint density at radius 2 is 0.579 bits per heavy atom. The fraction of sp³-hybridized carbons (Fsp3) is 0.833. The predicted octanol–water partition coefficient (Wildman–Crippen LogP) is -5.63. The fourth-order valence-corrected chi connectivity index (χ4v) is 5.72. The number of hydrogen-bond acceptors (Lipinski definition) is 10. The normalized spacial score (nSPS) is 37.7. The largest absolute Gasteiger partial charge is 0.423 e. The second kappa shape index (κ2) is 15.0. The van der Waals surface area contributed by atoms with Crippen LogP contribution in [0.25, 0.3) is 0 Å². The van der Waals surface area contributed by atoms with E-state index >= 15 is 0 Å². The van der Waals surface area contributed by atoms with Crippen LogP contribution in [-0.4, -0.2) is 58.3 Å². The van der Waals surface area contributed by atoms with Gasteiger partial charge < -0.3 is 18.9 Å². The van der Waals surface area contributed by atoms with Crippen molar-refractivity contribution in [3.8, 4) is 0 Å². The van der Waals surface area contributed by atoms with Gasteiger partial charge in [-0.3, -0.25) is 0 Å². The lowest BCUT2D eigenvalue weighted by Gasteiger charge is -2.18. The van der Waals surface area contributed by atoms with E-state index in [1.807, 2.05) is 0 Å². The summed E-state index contributed by atoms with van der Waals surface area (Å²) in [5, 5.41) is 0. The minimum atomic E-state index is -4.94. The van der Waals surface area contributed by atoms with Gasteiger partial charge in [0.15, 0.2) is 24.4 Å². The highest BCUT2D eigenvalue weighted by Gasteiger charge is 2.33. The van der Waals surface area contributed by atoms with Crippen molar-refractivity contribution in [1.82, 2.24) is 0 Å². The second-order valence-corrected chi connectivity index (χ2v) is 11.8. The third-order valence-electron chi connectivity index (χ3n) is 7.41. The smallest absolute Gasteiger partial charge is 0.174 e. The molecule has 0 aliphatic carbocycles. The Balaban J connectivity index is 0.000000344. The molecule has 8 unspecified atom stereocenters. The number of fused-ring (bicyclic) bond motifs is 8. The summed E-state index contributed by atoms with van der Waals surface area (Å²) < 4.78 is 90.7. The summed E-state index contributed by atoms with van der Waals surface area (Å²) in [6, 6.07) is 0. The third-order valence-corrected chi connectivity index (χ3v) is 7.41. The number of hydrogen-bond donors (Lipinski definition) is 0. The number of ether oxygens (including phenoxy) is 4. The molecule has 8 atom stereocenters. The van der Waals surface area contributed by atoms with Crippen LogP contribution in [0, 0.1) is 20.5 Å². The molecule has 5 aliphatic heterocycles. The molecule has 38 heavy (non-hydrogen) atoms. The van der Waals surface area contributed by atoms with Crippen LogP contribution in [-0.2, 0) is 9.47 Å². The third kappa shape index (κ3) is 13.8. The number of rotatable bonds is 0. The Labute approximate surface area is 226 Å². The van der Waals surface area contributed by atoms with Crippen LogP contribution in [0.1, 0.15) is 77.0 Å². The molecule has 0 aromatic carbocycles. The molecule has 220 valence electrons. The molecule has 3 fully saturated rings. The molecule has 0 saturated carbocycles. The van der Waals surface area contributed by atoms with Crippen LogP contribution in [0.3, 0.4) is 0 Å². The molecule has 0 amide bonds. The summed E-state index contributed by atoms with van der Waals surface area (Å²) in [6.07, 6.45) is 26.9. The van der Waals surface area contributed by atoms with Crippen LogP contribution >= 0.6 is 0 Å². The average Bonchev–Trinajstić information content (AvgIpc) is 3.59. The summed E-state index contributed by atoms with van der Waals surface area (Å²) in [7, 11) is -9.89. The lowest BCUT2D eigenvalue weighted by atomic mass is 10.0. The highest BCUT2D eigenvalue weighted by Crippen LogP contribution is 2.31. The van der Waals surface area contributed by atoms with Gasteiger partial charge in [0.1, 0.15) is 0 Å². The van der Waals surface area contributed by atoms with E-state index in [0.717, 1.165) is 51.4 Å². The summed E-state index contributed by atoms with van der Waals surface area (Å²) in [4.78, 5) is 0. The standard InChI is InChI=1S/C24H36O4.2ClHO4/c1-2-18-11-12-20-5-6-22(27-20)15-16-24-8-7-23(28-24)14-13-21-4-3-19(26-21)10-9-17(1)25-18;2*2-1(3,4)5/h1-2,7-8,17-24H,3-6,9-16H2;2*(H,2,3,4,5). The maximum absolute atomic E-state index is 8.49. The van der Waals surface area contributed by atoms with E-state index in [1.54, 1.807) is 0 Å². The van der Waals surface area contributed by atoms with Gasteiger partial charge in [0, 0.05) is 25.7 Å². The maximum Gasteiger partial charge on any atom is 0.174 e. The molecule has 5 heterocycles. The molecule has 5 rings (SSSR count). The number of halogens is 2. The van der Waals surface area contributed by atoms with E-state index in [-0.39, 0.29) is 0 Å². The highest BCUT2D eigenvalue weighted by molar-refractivity contribution is 5.03. The van der Waals surface area contributed by atoms with Crippen LogP contribution in [0.15, 0.2) is 24.3 Å². The van der Waals surface area contributed by atoms with Gasteiger partial charge in [0.2, 0.25) is 0 Å². The summed E-state index contributed by atoms with van der Waals surface area (Å²) >= 11 is 0. The van der Waals surface area contributed by atoms with Crippen molar-refractivity contribution in [2.75, 3.05) is 0 Å². The van der Waals surface area contributed by atoms with Gasteiger partial charge in [-0.15, -0.1) is 20.5 Å². The molecule has 5 aliphatic rings. The molecule has 8 bridgehead atoms. The lowest BCUT2D eigenvalue weighted by Crippen LogP contribution is -2.68. The van der Waals surface area contributed by atoms with Crippen LogP contribution < -0.4 is 37.3 Å². The Morgan fingerprint density at radius 3 is 0.789 bits per heavy atom. The van der Waals surface area contributed by atoms with Gasteiger partial charge in [-0.05, 0) is 75.7 Å². The van der Waals surface area contributed by atoms with Gasteiger partial charge >= 0.3 is 0 Å². The van der Waals surface area contributed by atoms with Crippen molar-refractivity contribution < 1.29 is 76.7 Å². The van der Waals surface area contributed by atoms with Crippen molar-refractivity contribution >= 4 is 0 Å². The van der Waals surface area contributed by atoms with Crippen molar-refractivity contribution in [2.45, 2.75) is 126 Å². The molecule has 0 aromatic heterocycles. The quantitative estimate of drug-likeness (QED) is 0.192. The Bertz CT molecular complexity index is 638. The van der Waals surface area contributed by atoms with Crippen molar-refractivity contribution in [2.24, 2.45) is 0 Å². The predicted molar refractivity (Wildman–Crippen MR) is 111 cm³/mol. The van der Waals surface area contributed by atoms with Gasteiger partial charge in [0.25, 0.3) is 0 Å². The van der Waals surface area contributed by atoms with Crippen LogP contribution in [0.5, 0.6) is 0 Å². The first-order chi connectivity index (χ1) is 17.8. The Kier molecular flexibility index (Phi) is 12.7. The Morgan fingerprint density at radius 1 is 0.395 bits per heavy atom. The number of aliphatic hydroxyl groups is 4. The molecular formula is C24H38Cl2O12. The topological polar surface area (TPSA) is 229 Å². The molecule has 12 nitrogen and oxygen atoms in total. The zero-order chi connectivity index (χ0) is 27.8. The second-order valence-electron chi connectivity index (χ2n) is 10.3. The van der Waals surface area contributed by atoms with Crippen molar-refractivity contribution in [1.29, 1.82) is 0 Å². The van der Waals surface area contributed by atoms with Gasteiger partial charge in [-0.1, -0.05) is 0 Å². The first-order valence-electron chi connectivity index (χ1n) is 13.1. The summed E-state index contributed by atoms with van der Waals surface area (Å²) in [5.74, 6) is 0. The average molecular weight is 589 g/mol. The van der Waals surface area contributed by atoms with E-state index in [1.165, 1.54) is 25.7 Å². The first-order valence-corrected chi connectivity index (χ1v) is 15.6. The summed E-state index contributed by atoms with van der Waals surface area (Å²) in [6.45, 7) is 0. The van der Waals surface area contributed by atoms with E-state index in [9.17, 15) is 0 Å². The zero-order valence-corrected chi connectivity index (χ0v) is 22.7. The molecular weight excluding hydrogens is 551 g/mol. The fourth-order valence-electron chi connectivity index (χ4n) is 5.72. The molecule has 0 radical (unpaired) electrons. The van der Waals surface area contributed by atoms with Crippen LogP contribution in [0.2, 0.25) is 0 Å². The van der Waals surface area contributed by atoms with E-state index in [4.69, 9.17) is 56.2 Å². The van der Waals surface area contributed by atoms with E-state index < -0.39 is 20.5 Å². The summed E-state index contributed by atoms with van der Waals surface area (Å²) in [5.41, 5.74) is 0. The zero-order valence-electron chi connectivity index (χ0n) is 21.1. The molecule has 14 heteroatoms. The lowest BCUT2D eigenvalue weighted by molar-refractivity contribution is -2.00. The van der Waals surface area contributed by atoms with E-state index in [0.29, 0.717) is 48.8 Å². The molecule has 0 aromatic rings. The van der Waals surface area contributed by atoms with Crippen molar-refractivity contribution in [3.05, 3.63) is 24.3 Å². The Hall–Kier alpha value is -0.420. The molecule has 2 N–H and O–H groups in total. The maximum atomic E-state index is 8.49. The minimum absolute atomic E-state index is 0.412. The van der Waals surface area contributed by atoms with Gasteiger partial charge in [0.05, 0.1) is 24.4 Å². The minimum Gasteiger partial charge on any atom is -0.423 e. The molecule has 3 saturated heterocycles. The molecule has 0 spiro atoms. The van der Waals surface area contributed by atoms with Crippen LogP contribution in [0.4, 0.5) is 0 Å². The monoisotopic (exact) mass is 588 g/mol.